The van der Waals surface area contributed by atoms with Crippen LogP contribution in [-0.4, -0.2) is 4.98 Å². The van der Waals surface area contributed by atoms with E-state index in [4.69, 9.17) is 23.2 Å². The highest BCUT2D eigenvalue weighted by molar-refractivity contribution is 14.1. The minimum Gasteiger partial charge on any atom is -0.254 e. The monoisotopic (exact) mass is 401 g/mol. The Morgan fingerprint density at radius 1 is 1.29 bits per heavy atom. The van der Waals surface area contributed by atoms with Gasteiger partial charge in [-0.05, 0) is 50.7 Å². The van der Waals surface area contributed by atoms with Crippen LogP contribution in [0, 0.1) is 3.57 Å². The highest BCUT2D eigenvalue weighted by Crippen LogP contribution is 2.34. The van der Waals surface area contributed by atoms with Gasteiger partial charge in [0.1, 0.15) is 0 Å². The molecule has 0 spiro atoms. The molecule has 2 rings (SSSR count). The average Bonchev–Trinajstić information content (AvgIpc) is 2.17. The average molecular weight is 403 g/mol. The van der Waals surface area contributed by atoms with Crippen molar-refractivity contribution in [1.82, 2.24) is 4.98 Å². The van der Waals surface area contributed by atoms with Crippen LogP contribution >= 0.6 is 61.7 Å². The molecule has 0 unspecified atom stereocenters. The van der Waals surface area contributed by atoms with E-state index in [-0.39, 0.29) is 0 Å². The van der Waals surface area contributed by atoms with E-state index in [1.165, 1.54) is 0 Å². The predicted molar refractivity (Wildman–Crippen MR) is 72.2 cm³/mol. The van der Waals surface area contributed by atoms with Crippen LogP contribution in [0.4, 0.5) is 0 Å². The third-order valence-corrected chi connectivity index (χ3v) is 4.71. The fourth-order valence-electron chi connectivity index (χ4n) is 1.15. The Bertz CT molecular complexity index is 468. The molecule has 0 aliphatic rings. The van der Waals surface area contributed by atoms with Gasteiger partial charge in [0.25, 0.3) is 0 Å². The Balaban J connectivity index is 2.94. The molecule has 0 saturated heterocycles. The number of nitrogens with zero attached hydrogens (tertiary/aromatic N) is 1. The standard InChI is InChI=1S/C9H3BrCl2IN/c10-7-5(11)2-1-4-8(12)6(13)3-14-9(4)7/h1-3H. The van der Waals surface area contributed by atoms with E-state index >= 15 is 0 Å². The summed E-state index contributed by atoms with van der Waals surface area (Å²) in [6, 6.07) is 3.68. The molecule has 1 aromatic heterocycles. The lowest BCUT2D eigenvalue weighted by molar-refractivity contribution is 1.38. The maximum atomic E-state index is 6.14. The molecule has 0 aliphatic heterocycles. The van der Waals surface area contributed by atoms with Crippen molar-refractivity contribution in [2.24, 2.45) is 0 Å². The van der Waals surface area contributed by atoms with E-state index in [0.29, 0.717) is 10.0 Å². The number of fused-ring (bicyclic) bond motifs is 1. The number of aromatic nitrogens is 1. The molecule has 0 bridgehead atoms. The molecule has 72 valence electrons. The molecule has 0 saturated carbocycles. The van der Waals surface area contributed by atoms with E-state index in [1.54, 1.807) is 12.3 Å². The third-order valence-electron chi connectivity index (χ3n) is 1.82. The Kier molecular flexibility index (Phi) is 3.21. The van der Waals surface area contributed by atoms with Crippen molar-refractivity contribution in [3.63, 3.8) is 0 Å². The highest BCUT2D eigenvalue weighted by atomic mass is 127. The molecule has 5 heteroatoms. The van der Waals surface area contributed by atoms with E-state index < -0.39 is 0 Å². The number of hydrogen-bond donors (Lipinski definition) is 0. The van der Waals surface area contributed by atoms with Crippen LogP contribution in [0.25, 0.3) is 10.9 Å². The van der Waals surface area contributed by atoms with Gasteiger partial charge in [0.2, 0.25) is 0 Å². The van der Waals surface area contributed by atoms with Gasteiger partial charge >= 0.3 is 0 Å². The zero-order chi connectivity index (χ0) is 10.3. The first kappa shape index (κ1) is 10.9. The lowest BCUT2D eigenvalue weighted by atomic mass is 10.2. The van der Waals surface area contributed by atoms with Gasteiger partial charge < -0.3 is 0 Å². The molecule has 1 heterocycles. The number of rotatable bonds is 0. The Labute approximate surface area is 113 Å². The lowest BCUT2D eigenvalue weighted by Gasteiger charge is -2.04. The quantitative estimate of drug-likeness (QED) is 0.571. The van der Waals surface area contributed by atoms with Gasteiger partial charge in [-0.25, -0.2) is 0 Å². The van der Waals surface area contributed by atoms with Crippen molar-refractivity contribution >= 4 is 72.6 Å². The second-order valence-corrected chi connectivity index (χ2v) is 5.42. The topological polar surface area (TPSA) is 12.9 Å². The van der Waals surface area contributed by atoms with Crippen LogP contribution in [0.3, 0.4) is 0 Å². The summed E-state index contributed by atoms with van der Waals surface area (Å²) in [6.45, 7) is 0. The minimum absolute atomic E-state index is 0.641. The summed E-state index contributed by atoms with van der Waals surface area (Å²) < 4.78 is 1.72. The molecule has 0 radical (unpaired) electrons. The maximum Gasteiger partial charge on any atom is 0.0874 e. The first-order valence-corrected chi connectivity index (χ1v) is 6.31. The molecular formula is C9H3BrCl2IN. The molecule has 0 amide bonds. The molecule has 0 atom stereocenters. The van der Waals surface area contributed by atoms with Gasteiger partial charge in [-0.1, -0.05) is 23.2 Å². The van der Waals surface area contributed by atoms with Crippen molar-refractivity contribution in [2.45, 2.75) is 0 Å². The van der Waals surface area contributed by atoms with E-state index in [0.717, 1.165) is 18.9 Å². The van der Waals surface area contributed by atoms with Gasteiger partial charge in [-0.15, -0.1) is 0 Å². The number of hydrogen-bond acceptors (Lipinski definition) is 1. The predicted octanol–water partition coefficient (Wildman–Crippen LogP) is 4.91. The van der Waals surface area contributed by atoms with Gasteiger partial charge in [0.15, 0.2) is 0 Å². The van der Waals surface area contributed by atoms with Gasteiger partial charge in [0, 0.05) is 11.6 Å². The van der Waals surface area contributed by atoms with Crippen LogP contribution in [0.1, 0.15) is 0 Å². The minimum atomic E-state index is 0.641. The summed E-state index contributed by atoms with van der Waals surface area (Å²) in [5.41, 5.74) is 0.794. The molecule has 0 fully saturated rings. The number of benzene rings is 1. The van der Waals surface area contributed by atoms with Crippen molar-refractivity contribution in [3.05, 3.63) is 36.4 Å². The van der Waals surface area contributed by atoms with Crippen molar-refractivity contribution in [3.8, 4) is 0 Å². The second-order valence-electron chi connectivity index (χ2n) is 2.68. The fourth-order valence-corrected chi connectivity index (χ4v) is 2.38. The summed E-state index contributed by atoms with van der Waals surface area (Å²) in [5.74, 6) is 0. The zero-order valence-electron chi connectivity index (χ0n) is 6.69. The second kappa shape index (κ2) is 4.12. The van der Waals surface area contributed by atoms with Crippen molar-refractivity contribution in [1.29, 1.82) is 0 Å². The summed E-state index contributed by atoms with van der Waals surface area (Å²) in [6.07, 6.45) is 1.73. The van der Waals surface area contributed by atoms with Gasteiger partial charge in [0.05, 0.1) is 23.6 Å². The lowest BCUT2D eigenvalue weighted by Crippen LogP contribution is -1.85. The Hall–Kier alpha value is 0.420. The Morgan fingerprint density at radius 2 is 2.00 bits per heavy atom. The molecule has 2 aromatic rings. The zero-order valence-corrected chi connectivity index (χ0v) is 11.9. The molecule has 1 nitrogen and oxygen atoms in total. The summed E-state index contributed by atoms with van der Waals surface area (Å²) in [5, 5.41) is 2.27. The summed E-state index contributed by atoms with van der Waals surface area (Å²) in [7, 11) is 0. The van der Waals surface area contributed by atoms with Crippen LogP contribution in [0.15, 0.2) is 22.8 Å². The van der Waals surface area contributed by atoms with Crippen LogP contribution in [0.2, 0.25) is 10.0 Å². The molecule has 1 aromatic carbocycles. The summed E-state index contributed by atoms with van der Waals surface area (Å²) >= 11 is 17.6. The van der Waals surface area contributed by atoms with Crippen LogP contribution in [0.5, 0.6) is 0 Å². The van der Waals surface area contributed by atoms with Crippen LogP contribution < -0.4 is 0 Å². The maximum absolute atomic E-state index is 6.14. The van der Waals surface area contributed by atoms with Crippen molar-refractivity contribution < 1.29 is 0 Å². The Morgan fingerprint density at radius 3 is 2.71 bits per heavy atom. The number of pyridine rings is 1. The molecular weight excluding hydrogens is 400 g/mol. The first-order valence-electron chi connectivity index (χ1n) is 3.69. The fraction of sp³-hybridized carbons (Fsp3) is 0. The molecule has 0 aliphatic carbocycles. The van der Waals surface area contributed by atoms with Gasteiger partial charge in [-0.3, -0.25) is 4.98 Å². The smallest absolute Gasteiger partial charge is 0.0874 e. The number of halogens is 4. The molecule has 0 N–H and O–H groups in total. The van der Waals surface area contributed by atoms with Gasteiger partial charge in [-0.2, -0.15) is 0 Å². The van der Waals surface area contributed by atoms with E-state index in [1.807, 2.05) is 6.07 Å². The summed E-state index contributed by atoms with van der Waals surface area (Å²) in [4.78, 5) is 4.28. The normalized spacial score (nSPS) is 10.9. The van der Waals surface area contributed by atoms with Crippen molar-refractivity contribution in [2.75, 3.05) is 0 Å². The van der Waals surface area contributed by atoms with E-state index in [2.05, 4.69) is 43.5 Å². The molecule has 14 heavy (non-hydrogen) atoms. The first-order chi connectivity index (χ1) is 6.61. The largest absolute Gasteiger partial charge is 0.254 e. The SMILES string of the molecule is Clc1ccc2c(Cl)c(I)cnc2c1Br. The third kappa shape index (κ3) is 1.75. The van der Waals surface area contributed by atoms with Crippen LogP contribution in [-0.2, 0) is 0 Å². The highest BCUT2D eigenvalue weighted by Gasteiger charge is 2.09. The van der Waals surface area contributed by atoms with E-state index in [9.17, 15) is 0 Å².